The number of rotatable bonds is 7. The Morgan fingerprint density at radius 1 is 1.07 bits per heavy atom. The molecule has 1 aromatic heterocycles. The van der Waals surface area contributed by atoms with Crippen LogP contribution in [0.2, 0.25) is 0 Å². The molecule has 1 aliphatic heterocycles. The van der Waals surface area contributed by atoms with Gasteiger partial charge in [-0.25, -0.2) is 0 Å². The molecule has 2 aliphatic rings. The van der Waals surface area contributed by atoms with Crippen molar-refractivity contribution in [3.63, 3.8) is 0 Å². The van der Waals surface area contributed by atoms with Crippen LogP contribution in [0.1, 0.15) is 69.8 Å². The van der Waals surface area contributed by atoms with Gasteiger partial charge in [0.15, 0.2) is 5.16 Å². The van der Waals surface area contributed by atoms with Gasteiger partial charge >= 0.3 is 0 Å². The largest absolute Gasteiger partial charge is 0.342 e. The van der Waals surface area contributed by atoms with Crippen molar-refractivity contribution in [2.45, 2.75) is 75.2 Å². The van der Waals surface area contributed by atoms with Gasteiger partial charge in [-0.05, 0) is 50.5 Å². The SMILES string of the molecule is CC(C)c1nnc(S[C@@H](C)C(=O)N2CCC(Cc3ccccc3)CC2)n1C1CC1. The number of benzene rings is 1. The zero-order chi connectivity index (χ0) is 20.4. The number of amides is 1. The van der Waals surface area contributed by atoms with Gasteiger partial charge in [-0.2, -0.15) is 0 Å². The Labute approximate surface area is 178 Å². The van der Waals surface area contributed by atoms with Gasteiger partial charge in [-0.3, -0.25) is 4.79 Å². The third-order valence-corrected chi connectivity index (χ3v) is 7.09. The molecule has 1 atom stereocenters. The number of hydrogen-bond acceptors (Lipinski definition) is 4. The standard InChI is InChI=1S/C23H32N4OS/c1-16(2)21-24-25-23(27(21)20-9-10-20)29-17(3)22(28)26-13-11-19(12-14-26)15-18-7-5-4-6-8-18/h4-8,16-17,19-20H,9-15H2,1-3H3/t17-/m0/s1. The van der Waals surface area contributed by atoms with E-state index in [0.717, 1.165) is 43.3 Å². The lowest BCUT2D eigenvalue weighted by Gasteiger charge is -2.33. The number of thioether (sulfide) groups is 1. The van der Waals surface area contributed by atoms with E-state index in [1.165, 1.54) is 18.4 Å². The summed E-state index contributed by atoms with van der Waals surface area (Å²) in [6, 6.07) is 11.2. The van der Waals surface area contributed by atoms with Gasteiger partial charge in [0, 0.05) is 25.0 Å². The monoisotopic (exact) mass is 412 g/mol. The fourth-order valence-electron chi connectivity index (χ4n) is 4.21. The zero-order valence-electron chi connectivity index (χ0n) is 17.8. The van der Waals surface area contributed by atoms with Crippen molar-refractivity contribution in [1.82, 2.24) is 19.7 Å². The Kier molecular flexibility index (Phi) is 6.28. The topological polar surface area (TPSA) is 51.0 Å². The van der Waals surface area contributed by atoms with Gasteiger partial charge in [0.05, 0.1) is 5.25 Å². The van der Waals surface area contributed by atoms with Crippen LogP contribution < -0.4 is 0 Å². The molecule has 2 heterocycles. The van der Waals surface area contributed by atoms with E-state index in [2.05, 4.69) is 63.8 Å². The second-order valence-corrected chi connectivity index (χ2v) is 10.1. The van der Waals surface area contributed by atoms with Gasteiger partial charge in [0.1, 0.15) is 5.82 Å². The first-order valence-corrected chi connectivity index (χ1v) is 11.8. The third kappa shape index (κ3) is 4.85. The Balaban J connectivity index is 1.32. The summed E-state index contributed by atoms with van der Waals surface area (Å²) in [5.41, 5.74) is 1.40. The molecule has 29 heavy (non-hydrogen) atoms. The molecule has 0 unspecified atom stereocenters. The van der Waals surface area contributed by atoms with E-state index in [1.54, 1.807) is 11.8 Å². The fraction of sp³-hybridized carbons (Fsp3) is 0.609. The lowest BCUT2D eigenvalue weighted by Crippen LogP contribution is -2.42. The average Bonchev–Trinajstić information content (AvgIpc) is 3.48. The van der Waals surface area contributed by atoms with Gasteiger partial charge in [0.25, 0.3) is 0 Å². The van der Waals surface area contributed by atoms with Gasteiger partial charge in [0.2, 0.25) is 5.91 Å². The number of carbonyl (C=O) groups excluding carboxylic acids is 1. The Bertz CT molecular complexity index is 823. The highest BCUT2D eigenvalue weighted by Gasteiger charge is 2.33. The molecule has 2 aromatic rings. The molecule has 0 bridgehead atoms. The highest BCUT2D eigenvalue weighted by atomic mass is 32.2. The number of hydrogen-bond donors (Lipinski definition) is 0. The molecule has 0 radical (unpaired) electrons. The van der Waals surface area contributed by atoms with Crippen molar-refractivity contribution >= 4 is 17.7 Å². The molecule has 0 N–H and O–H groups in total. The minimum atomic E-state index is -0.123. The smallest absolute Gasteiger partial charge is 0.235 e. The average molecular weight is 413 g/mol. The predicted octanol–water partition coefficient (Wildman–Crippen LogP) is 4.70. The Hall–Kier alpha value is -1.82. The highest BCUT2D eigenvalue weighted by molar-refractivity contribution is 8.00. The maximum atomic E-state index is 13.1. The van der Waals surface area contributed by atoms with Crippen molar-refractivity contribution in [3.8, 4) is 0 Å². The predicted molar refractivity (Wildman–Crippen MR) is 117 cm³/mol. The molecule has 2 fully saturated rings. The molecule has 0 spiro atoms. The van der Waals surface area contributed by atoms with Crippen molar-refractivity contribution in [2.75, 3.05) is 13.1 Å². The molecule has 1 amide bonds. The number of piperidine rings is 1. The summed E-state index contributed by atoms with van der Waals surface area (Å²) in [4.78, 5) is 15.1. The van der Waals surface area contributed by atoms with Gasteiger partial charge < -0.3 is 9.47 Å². The molecule has 1 saturated carbocycles. The summed E-state index contributed by atoms with van der Waals surface area (Å²) >= 11 is 1.58. The number of aromatic nitrogens is 3. The summed E-state index contributed by atoms with van der Waals surface area (Å²) in [5, 5.41) is 9.64. The Morgan fingerprint density at radius 2 is 1.76 bits per heavy atom. The lowest BCUT2D eigenvalue weighted by molar-refractivity contribution is -0.131. The van der Waals surface area contributed by atoms with Crippen molar-refractivity contribution in [1.29, 1.82) is 0 Å². The van der Waals surface area contributed by atoms with Crippen LogP contribution in [0.4, 0.5) is 0 Å². The van der Waals surface area contributed by atoms with E-state index in [1.807, 2.05) is 6.92 Å². The molecule has 6 heteroatoms. The third-order valence-electron chi connectivity index (χ3n) is 6.04. The number of likely N-dealkylation sites (tertiary alicyclic amines) is 1. The highest BCUT2D eigenvalue weighted by Crippen LogP contribution is 2.41. The van der Waals surface area contributed by atoms with Crippen molar-refractivity contribution in [3.05, 3.63) is 41.7 Å². The van der Waals surface area contributed by atoms with Crippen LogP contribution in [-0.4, -0.2) is 43.9 Å². The maximum absolute atomic E-state index is 13.1. The summed E-state index contributed by atoms with van der Waals surface area (Å²) in [7, 11) is 0. The molecule has 4 rings (SSSR count). The number of carbonyl (C=O) groups is 1. The van der Waals surface area contributed by atoms with E-state index in [-0.39, 0.29) is 11.2 Å². The molecular formula is C23H32N4OS. The van der Waals surface area contributed by atoms with Crippen LogP contribution in [0.5, 0.6) is 0 Å². The molecule has 1 aliphatic carbocycles. The van der Waals surface area contributed by atoms with E-state index >= 15 is 0 Å². The summed E-state index contributed by atoms with van der Waals surface area (Å²) < 4.78 is 2.28. The summed E-state index contributed by atoms with van der Waals surface area (Å²) in [5.74, 6) is 2.32. The van der Waals surface area contributed by atoms with Crippen LogP contribution >= 0.6 is 11.8 Å². The number of nitrogens with zero attached hydrogens (tertiary/aromatic N) is 4. The van der Waals surface area contributed by atoms with Crippen LogP contribution in [0.25, 0.3) is 0 Å². The normalized spacial score (nSPS) is 19.0. The fourth-order valence-corrected chi connectivity index (χ4v) is 5.22. The van der Waals surface area contributed by atoms with E-state index in [0.29, 0.717) is 17.9 Å². The van der Waals surface area contributed by atoms with Gasteiger partial charge in [-0.1, -0.05) is 55.9 Å². The molecule has 5 nitrogen and oxygen atoms in total. The van der Waals surface area contributed by atoms with Crippen molar-refractivity contribution < 1.29 is 4.79 Å². The summed E-state index contributed by atoms with van der Waals surface area (Å²) in [6.07, 6.45) is 5.70. The summed E-state index contributed by atoms with van der Waals surface area (Å²) in [6.45, 7) is 8.07. The second kappa shape index (κ2) is 8.90. The molecule has 1 saturated heterocycles. The molecule has 156 valence electrons. The second-order valence-electron chi connectivity index (χ2n) is 8.82. The first-order chi connectivity index (χ1) is 14.0. The van der Waals surface area contributed by atoms with E-state index in [4.69, 9.17) is 0 Å². The molecule has 1 aromatic carbocycles. The van der Waals surface area contributed by atoms with Crippen LogP contribution in [0, 0.1) is 5.92 Å². The first-order valence-electron chi connectivity index (χ1n) is 11.0. The van der Waals surface area contributed by atoms with E-state index < -0.39 is 0 Å². The van der Waals surface area contributed by atoms with E-state index in [9.17, 15) is 4.79 Å². The van der Waals surface area contributed by atoms with Crippen LogP contribution in [0.3, 0.4) is 0 Å². The minimum absolute atomic E-state index is 0.123. The Morgan fingerprint density at radius 3 is 2.38 bits per heavy atom. The van der Waals surface area contributed by atoms with Gasteiger partial charge in [-0.15, -0.1) is 10.2 Å². The van der Waals surface area contributed by atoms with Crippen molar-refractivity contribution in [2.24, 2.45) is 5.92 Å². The lowest BCUT2D eigenvalue weighted by atomic mass is 9.90. The molecular weight excluding hydrogens is 380 g/mol. The zero-order valence-corrected chi connectivity index (χ0v) is 18.6. The maximum Gasteiger partial charge on any atom is 0.235 e. The quantitative estimate of drug-likeness (QED) is 0.619. The van der Waals surface area contributed by atoms with Crippen LogP contribution in [0.15, 0.2) is 35.5 Å². The minimum Gasteiger partial charge on any atom is -0.342 e. The van der Waals surface area contributed by atoms with Crippen LogP contribution in [-0.2, 0) is 11.2 Å². The first kappa shape index (κ1) is 20.5.